The van der Waals surface area contributed by atoms with E-state index in [1.54, 1.807) is 36.4 Å². The van der Waals surface area contributed by atoms with Crippen LogP contribution in [0.5, 0.6) is 11.5 Å². The summed E-state index contributed by atoms with van der Waals surface area (Å²) in [4.78, 5) is 37.6. The van der Waals surface area contributed by atoms with E-state index in [4.69, 9.17) is 4.74 Å². The predicted molar refractivity (Wildman–Crippen MR) is 123 cm³/mol. The molecule has 0 aliphatic heterocycles. The molecule has 0 aliphatic carbocycles. The Morgan fingerprint density at radius 3 is 1.97 bits per heavy atom. The number of carbonyl (C=O) groups is 3. The smallest absolute Gasteiger partial charge is 0.548 e. The van der Waals surface area contributed by atoms with Gasteiger partial charge >= 0.3 is 29.6 Å². The predicted octanol–water partition coefficient (Wildman–Crippen LogP) is -1.78. The minimum atomic E-state index is -1.46. The van der Waals surface area contributed by atoms with Gasteiger partial charge in [0, 0.05) is 12.0 Å². The number of hydrogen-bond donors (Lipinski definition) is 3. The van der Waals surface area contributed by atoms with Crippen molar-refractivity contribution in [2.75, 3.05) is 7.11 Å². The average Bonchev–Trinajstić information content (AvgIpc) is 2.85. The van der Waals surface area contributed by atoms with Crippen molar-refractivity contribution < 1.29 is 58.9 Å². The van der Waals surface area contributed by atoms with Gasteiger partial charge in [0.05, 0.1) is 19.1 Å². The zero-order chi connectivity index (χ0) is 24.5. The van der Waals surface area contributed by atoms with E-state index in [9.17, 15) is 24.6 Å². The van der Waals surface area contributed by atoms with Crippen LogP contribution in [0.15, 0.2) is 78.9 Å². The summed E-state index contributed by atoms with van der Waals surface area (Å²) >= 11 is 0. The third-order valence-corrected chi connectivity index (χ3v) is 5.23. The number of rotatable bonds is 10. The SMILES string of the molecule is COc1ccc(C(=O)N[C@@H](Cc2ccccc2)C(=O)N[C@@H](Cc2ccc(O)cc2)C(=O)[O-])cc1.[Na+]. The number of carboxylic acids is 1. The number of nitrogens with one attached hydrogen (secondary N) is 2. The first-order chi connectivity index (χ1) is 16.4. The van der Waals surface area contributed by atoms with Gasteiger partial charge in [0.1, 0.15) is 17.5 Å². The number of carbonyl (C=O) groups excluding carboxylic acids is 3. The zero-order valence-corrected chi connectivity index (χ0v) is 21.6. The molecule has 0 radical (unpaired) electrons. The van der Waals surface area contributed by atoms with E-state index in [0.29, 0.717) is 16.9 Å². The van der Waals surface area contributed by atoms with Crippen molar-refractivity contribution in [3.05, 3.63) is 95.6 Å². The van der Waals surface area contributed by atoms with Gasteiger partial charge in [-0.05, 0) is 53.9 Å². The van der Waals surface area contributed by atoms with Crippen LogP contribution in [-0.4, -0.2) is 42.1 Å². The van der Waals surface area contributed by atoms with E-state index in [1.807, 2.05) is 30.3 Å². The fourth-order valence-electron chi connectivity index (χ4n) is 3.38. The molecule has 35 heavy (non-hydrogen) atoms. The van der Waals surface area contributed by atoms with Gasteiger partial charge in [-0.2, -0.15) is 0 Å². The standard InChI is InChI=1S/C26H26N2O6.Na/c1-34-21-13-9-19(10-14-21)24(30)27-22(15-17-5-3-2-4-6-17)25(31)28-23(26(32)33)16-18-7-11-20(29)12-8-18;/h2-14,22-23,29H,15-16H2,1H3,(H,27,30)(H,28,31)(H,32,33);/q;+1/p-1/t22-,23-;/m0./s1. The summed E-state index contributed by atoms with van der Waals surface area (Å²) in [5, 5.41) is 26.3. The summed E-state index contributed by atoms with van der Waals surface area (Å²) in [6.45, 7) is 0. The van der Waals surface area contributed by atoms with Gasteiger partial charge in [-0.15, -0.1) is 0 Å². The summed E-state index contributed by atoms with van der Waals surface area (Å²) in [5.41, 5.74) is 1.71. The Kier molecular flexibility index (Phi) is 10.8. The molecule has 0 fully saturated rings. The number of aromatic hydroxyl groups is 1. The summed E-state index contributed by atoms with van der Waals surface area (Å²) in [7, 11) is 1.52. The van der Waals surface area contributed by atoms with E-state index in [-0.39, 0.29) is 48.1 Å². The van der Waals surface area contributed by atoms with E-state index in [1.165, 1.54) is 19.2 Å². The first-order valence-corrected chi connectivity index (χ1v) is 10.6. The molecular weight excluding hydrogens is 459 g/mol. The van der Waals surface area contributed by atoms with Gasteiger partial charge in [-0.3, -0.25) is 9.59 Å². The molecule has 0 aromatic heterocycles. The number of hydrogen-bond acceptors (Lipinski definition) is 6. The molecule has 0 saturated carbocycles. The Bertz CT molecular complexity index is 1120. The second-order valence-electron chi connectivity index (χ2n) is 7.70. The molecule has 3 rings (SSSR count). The Hall–Kier alpha value is -3.33. The molecule has 0 aliphatic rings. The number of amides is 2. The summed E-state index contributed by atoms with van der Waals surface area (Å²) in [6.07, 6.45) is 0.117. The Morgan fingerprint density at radius 2 is 1.40 bits per heavy atom. The largest absolute Gasteiger partial charge is 1.00 e. The second kappa shape index (κ2) is 13.5. The maximum absolute atomic E-state index is 13.1. The van der Waals surface area contributed by atoms with Gasteiger partial charge < -0.3 is 30.4 Å². The quantitative estimate of drug-likeness (QED) is 0.292. The fraction of sp³-hybridized carbons (Fsp3) is 0.192. The van der Waals surface area contributed by atoms with Crippen molar-refractivity contribution in [1.82, 2.24) is 10.6 Å². The van der Waals surface area contributed by atoms with Gasteiger partial charge in [-0.25, -0.2) is 0 Å². The van der Waals surface area contributed by atoms with Crippen molar-refractivity contribution in [2.24, 2.45) is 0 Å². The number of phenolic OH excluding ortho intramolecular Hbond substituents is 1. The summed E-state index contributed by atoms with van der Waals surface area (Å²) < 4.78 is 5.10. The Labute approximate surface area is 225 Å². The van der Waals surface area contributed by atoms with Crippen LogP contribution in [-0.2, 0) is 22.4 Å². The summed E-state index contributed by atoms with van der Waals surface area (Å²) in [6, 6.07) is 19.1. The number of aliphatic carboxylic acids is 1. The van der Waals surface area contributed by atoms with Crippen LogP contribution in [0.4, 0.5) is 0 Å². The average molecular weight is 484 g/mol. The Morgan fingerprint density at radius 1 is 0.829 bits per heavy atom. The van der Waals surface area contributed by atoms with E-state index in [0.717, 1.165) is 5.56 Å². The molecule has 9 heteroatoms. The number of ether oxygens (including phenoxy) is 1. The molecule has 0 saturated heterocycles. The van der Waals surface area contributed by atoms with Crippen LogP contribution < -0.4 is 50.0 Å². The molecule has 2 atom stereocenters. The van der Waals surface area contributed by atoms with Crippen LogP contribution in [0.2, 0.25) is 0 Å². The van der Waals surface area contributed by atoms with Gasteiger partial charge in [0.15, 0.2) is 0 Å². The van der Waals surface area contributed by atoms with Gasteiger partial charge in [-0.1, -0.05) is 42.5 Å². The van der Waals surface area contributed by atoms with Crippen LogP contribution >= 0.6 is 0 Å². The molecule has 3 aromatic carbocycles. The van der Waals surface area contributed by atoms with Crippen LogP contribution in [0.1, 0.15) is 21.5 Å². The molecule has 2 amide bonds. The first kappa shape index (κ1) is 27.9. The number of phenols is 1. The maximum Gasteiger partial charge on any atom is 1.00 e. The Balaban J connectivity index is 0.00000432. The van der Waals surface area contributed by atoms with Crippen molar-refractivity contribution in [2.45, 2.75) is 24.9 Å². The van der Waals surface area contributed by atoms with Crippen LogP contribution in [0.3, 0.4) is 0 Å². The molecule has 0 unspecified atom stereocenters. The molecule has 3 aromatic rings. The molecule has 0 heterocycles. The molecule has 3 N–H and O–H groups in total. The number of methoxy groups -OCH3 is 1. The minimum Gasteiger partial charge on any atom is -0.548 e. The third kappa shape index (κ3) is 8.43. The summed E-state index contributed by atoms with van der Waals surface area (Å²) in [5.74, 6) is -1.97. The zero-order valence-electron chi connectivity index (χ0n) is 19.6. The normalized spacial score (nSPS) is 11.9. The monoisotopic (exact) mass is 484 g/mol. The molecule has 176 valence electrons. The topological polar surface area (TPSA) is 128 Å². The van der Waals surface area contributed by atoms with Crippen molar-refractivity contribution >= 4 is 17.8 Å². The van der Waals surface area contributed by atoms with E-state index in [2.05, 4.69) is 10.6 Å². The van der Waals surface area contributed by atoms with Gasteiger partial charge in [0.2, 0.25) is 5.91 Å². The third-order valence-electron chi connectivity index (χ3n) is 5.23. The second-order valence-corrected chi connectivity index (χ2v) is 7.70. The first-order valence-electron chi connectivity index (χ1n) is 10.6. The minimum absolute atomic E-state index is 0. The van der Waals surface area contributed by atoms with Crippen LogP contribution in [0.25, 0.3) is 0 Å². The number of benzene rings is 3. The van der Waals surface area contributed by atoms with Crippen molar-refractivity contribution in [3.63, 3.8) is 0 Å². The van der Waals surface area contributed by atoms with E-state index < -0.39 is 29.9 Å². The molecule has 8 nitrogen and oxygen atoms in total. The fourth-order valence-corrected chi connectivity index (χ4v) is 3.38. The van der Waals surface area contributed by atoms with Gasteiger partial charge in [0.25, 0.3) is 5.91 Å². The number of carboxylic acid groups (broad SMARTS) is 1. The van der Waals surface area contributed by atoms with Crippen molar-refractivity contribution in [1.29, 1.82) is 0 Å². The maximum atomic E-state index is 13.1. The van der Waals surface area contributed by atoms with Crippen LogP contribution in [0, 0.1) is 0 Å². The molecular formula is C26H25N2NaO6. The van der Waals surface area contributed by atoms with Crippen molar-refractivity contribution in [3.8, 4) is 11.5 Å². The van der Waals surface area contributed by atoms with E-state index >= 15 is 0 Å². The molecule has 0 bridgehead atoms. The molecule has 0 spiro atoms.